The van der Waals surface area contributed by atoms with Crippen LogP contribution >= 0.6 is 27.7 Å². The van der Waals surface area contributed by atoms with Crippen molar-refractivity contribution in [3.63, 3.8) is 0 Å². The predicted molar refractivity (Wildman–Crippen MR) is 103 cm³/mol. The van der Waals surface area contributed by atoms with Gasteiger partial charge in [0, 0.05) is 16.6 Å². The first kappa shape index (κ1) is 17.8. The van der Waals surface area contributed by atoms with Crippen LogP contribution in [0.3, 0.4) is 0 Å². The highest BCUT2D eigenvalue weighted by molar-refractivity contribution is 9.10. The molecule has 4 nitrogen and oxygen atoms in total. The van der Waals surface area contributed by atoms with Crippen molar-refractivity contribution in [3.8, 4) is 11.3 Å². The van der Waals surface area contributed by atoms with E-state index >= 15 is 0 Å². The highest BCUT2D eigenvalue weighted by atomic mass is 79.9. The van der Waals surface area contributed by atoms with Crippen molar-refractivity contribution in [2.75, 3.05) is 5.75 Å². The normalized spacial score (nSPS) is 10.6. The molecule has 3 aromatic rings. The molecule has 1 N–H and O–H groups in total. The second kappa shape index (κ2) is 8.36. The van der Waals surface area contributed by atoms with Gasteiger partial charge in [0.05, 0.1) is 11.9 Å². The molecule has 2 aromatic carbocycles. The van der Waals surface area contributed by atoms with E-state index in [9.17, 15) is 4.79 Å². The highest BCUT2D eigenvalue weighted by Gasteiger charge is 2.10. The molecular formula is C19H17BrN2O2S. The lowest BCUT2D eigenvalue weighted by Gasteiger charge is -2.04. The zero-order valence-corrected chi connectivity index (χ0v) is 16.1. The smallest absolute Gasteiger partial charge is 0.256 e. The molecule has 0 aliphatic rings. The van der Waals surface area contributed by atoms with E-state index in [-0.39, 0.29) is 11.7 Å². The monoisotopic (exact) mass is 416 g/mol. The van der Waals surface area contributed by atoms with Crippen LogP contribution in [-0.4, -0.2) is 16.6 Å². The summed E-state index contributed by atoms with van der Waals surface area (Å²) in [5.41, 5.74) is 3.23. The summed E-state index contributed by atoms with van der Waals surface area (Å²) in [4.78, 5) is 16.2. The molecule has 0 unspecified atom stereocenters. The van der Waals surface area contributed by atoms with E-state index in [2.05, 4.69) is 26.2 Å². The minimum absolute atomic E-state index is 0.0484. The lowest BCUT2D eigenvalue weighted by molar-refractivity contribution is -0.118. The number of hydrogen-bond donors (Lipinski definition) is 1. The number of amides is 1. The Morgan fingerprint density at radius 2 is 2.04 bits per heavy atom. The summed E-state index contributed by atoms with van der Waals surface area (Å²) in [6.45, 7) is 2.56. The topological polar surface area (TPSA) is 55.1 Å². The number of thioether (sulfide) groups is 1. The molecule has 128 valence electrons. The maximum atomic E-state index is 12.0. The average Bonchev–Trinajstić information content (AvgIpc) is 3.08. The highest BCUT2D eigenvalue weighted by Crippen LogP contribution is 2.27. The van der Waals surface area contributed by atoms with Crippen molar-refractivity contribution >= 4 is 33.6 Å². The van der Waals surface area contributed by atoms with Gasteiger partial charge >= 0.3 is 0 Å². The number of nitrogens with zero attached hydrogens (tertiary/aromatic N) is 1. The number of carbonyl (C=O) groups excluding carboxylic acids is 1. The van der Waals surface area contributed by atoms with E-state index < -0.39 is 0 Å². The lowest BCUT2D eigenvalue weighted by atomic mass is 10.1. The number of halogens is 1. The van der Waals surface area contributed by atoms with Gasteiger partial charge in [-0.1, -0.05) is 69.7 Å². The van der Waals surface area contributed by atoms with Crippen molar-refractivity contribution < 1.29 is 9.21 Å². The van der Waals surface area contributed by atoms with Crippen LogP contribution in [0, 0.1) is 6.92 Å². The molecule has 0 saturated heterocycles. The first-order chi connectivity index (χ1) is 12.1. The Hall–Kier alpha value is -2.05. The third-order valence-electron chi connectivity index (χ3n) is 3.53. The molecule has 0 bridgehead atoms. The number of hydrogen-bond acceptors (Lipinski definition) is 4. The fourth-order valence-electron chi connectivity index (χ4n) is 2.18. The minimum atomic E-state index is -0.0484. The third-order valence-corrected chi connectivity index (χ3v) is 4.87. The van der Waals surface area contributed by atoms with Gasteiger partial charge in [0.2, 0.25) is 5.91 Å². The standard InChI is InChI=1S/C19H17BrN2O2S/c1-13-5-7-14(8-6-13)10-21-18(23)12-25-19-22-11-17(24-19)15-3-2-4-16(20)9-15/h2-9,11H,10,12H2,1H3,(H,21,23). The summed E-state index contributed by atoms with van der Waals surface area (Å²) in [6.07, 6.45) is 1.67. The molecule has 0 fully saturated rings. The maximum Gasteiger partial charge on any atom is 0.256 e. The van der Waals surface area contributed by atoms with Crippen LogP contribution in [0.15, 0.2) is 68.8 Å². The van der Waals surface area contributed by atoms with E-state index in [0.29, 0.717) is 17.5 Å². The van der Waals surface area contributed by atoms with E-state index in [0.717, 1.165) is 15.6 Å². The van der Waals surface area contributed by atoms with E-state index in [1.807, 2.05) is 55.5 Å². The number of nitrogens with one attached hydrogen (secondary N) is 1. The molecule has 0 aliphatic heterocycles. The number of oxazole rings is 1. The number of aryl methyl sites for hydroxylation is 1. The third kappa shape index (κ3) is 5.21. The summed E-state index contributed by atoms with van der Waals surface area (Å²) >= 11 is 4.72. The number of carbonyl (C=O) groups is 1. The summed E-state index contributed by atoms with van der Waals surface area (Å²) in [5, 5.41) is 3.39. The number of aromatic nitrogens is 1. The van der Waals surface area contributed by atoms with Crippen LogP contribution in [0.4, 0.5) is 0 Å². The van der Waals surface area contributed by atoms with Gasteiger partial charge in [-0.3, -0.25) is 4.79 Å². The molecule has 25 heavy (non-hydrogen) atoms. The van der Waals surface area contributed by atoms with E-state index in [1.165, 1.54) is 17.3 Å². The Kier molecular flexibility index (Phi) is 5.94. The zero-order chi connectivity index (χ0) is 17.6. The molecule has 0 aliphatic carbocycles. The van der Waals surface area contributed by atoms with Crippen molar-refractivity contribution in [2.45, 2.75) is 18.7 Å². The van der Waals surface area contributed by atoms with Crippen LogP contribution in [-0.2, 0) is 11.3 Å². The molecular weight excluding hydrogens is 400 g/mol. The Labute approximate surface area is 159 Å². The van der Waals surface area contributed by atoms with Gasteiger partial charge in [-0.05, 0) is 24.6 Å². The van der Waals surface area contributed by atoms with E-state index in [1.54, 1.807) is 6.20 Å². The van der Waals surface area contributed by atoms with Crippen molar-refractivity contribution in [3.05, 3.63) is 70.3 Å². The average molecular weight is 417 g/mol. The minimum Gasteiger partial charge on any atom is -0.431 e. The fourth-order valence-corrected chi connectivity index (χ4v) is 3.22. The van der Waals surface area contributed by atoms with Crippen LogP contribution in [0.5, 0.6) is 0 Å². The van der Waals surface area contributed by atoms with Crippen molar-refractivity contribution in [1.29, 1.82) is 0 Å². The van der Waals surface area contributed by atoms with Gasteiger partial charge < -0.3 is 9.73 Å². The van der Waals surface area contributed by atoms with Crippen LogP contribution in [0.1, 0.15) is 11.1 Å². The molecule has 1 amide bonds. The quantitative estimate of drug-likeness (QED) is 0.585. The second-order valence-electron chi connectivity index (χ2n) is 5.55. The molecule has 0 radical (unpaired) electrons. The molecule has 1 heterocycles. The van der Waals surface area contributed by atoms with Crippen molar-refractivity contribution in [1.82, 2.24) is 10.3 Å². The molecule has 3 rings (SSSR count). The van der Waals surface area contributed by atoms with Gasteiger partial charge in [-0.25, -0.2) is 4.98 Å². The Bertz CT molecular complexity index is 862. The molecule has 0 saturated carbocycles. The first-order valence-corrected chi connectivity index (χ1v) is 9.55. The summed E-state index contributed by atoms with van der Waals surface area (Å²) < 4.78 is 6.68. The maximum absolute atomic E-state index is 12.0. The van der Waals surface area contributed by atoms with Crippen LogP contribution in [0.25, 0.3) is 11.3 Å². The van der Waals surface area contributed by atoms with E-state index in [4.69, 9.17) is 4.42 Å². The fraction of sp³-hybridized carbons (Fsp3) is 0.158. The van der Waals surface area contributed by atoms with Gasteiger partial charge in [0.25, 0.3) is 5.22 Å². The summed E-state index contributed by atoms with van der Waals surface area (Å²) in [6, 6.07) is 15.9. The second-order valence-corrected chi connectivity index (χ2v) is 7.39. The predicted octanol–water partition coefficient (Wildman–Crippen LogP) is 4.82. The van der Waals surface area contributed by atoms with Crippen LogP contribution < -0.4 is 5.32 Å². The zero-order valence-electron chi connectivity index (χ0n) is 13.7. The molecule has 0 spiro atoms. The SMILES string of the molecule is Cc1ccc(CNC(=O)CSc2ncc(-c3cccc(Br)c3)o2)cc1. The van der Waals surface area contributed by atoms with Crippen LogP contribution in [0.2, 0.25) is 0 Å². The van der Waals surface area contributed by atoms with Crippen molar-refractivity contribution in [2.24, 2.45) is 0 Å². The summed E-state index contributed by atoms with van der Waals surface area (Å²) in [7, 11) is 0. The number of benzene rings is 2. The molecule has 0 atom stereocenters. The van der Waals surface area contributed by atoms with Gasteiger partial charge in [-0.2, -0.15) is 0 Å². The Morgan fingerprint density at radius 1 is 1.24 bits per heavy atom. The molecule has 1 aromatic heterocycles. The number of rotatable bonds is 6. The Morgan fingerprint density at radius 3 is 2.80 bits per heavy atom. The van der Waals surface area contributed by atoms with Gasteiger partial charge in [-0.15, -0.1) is 0 Å². The lowest BCUT2D eigenvalue weighted by Crippen LogP contribution is -2.24. The van der Waals surface area contributed by atoms with Gasteiger partial charge in [0.1, 0.15) is 0 Å². The summed E-state index contributed by atoms with van der Waals surface area (Å²) in [5.74, 6) is 0.904. The first-order valence-electron chi connectivity index (χ1n) is 7.77. The molecule has 6 heteroatoms. The largest absolute Gasteiger partial charge is 0.431 e. The Balaban J connectivity index is 1.50. The van der Waals surface area contributed by atoms with Gasteiger partial charge in [0.15, 0.2) is 5.76 Å².